The maximum Gasteiger partial charge on any atom is 0.140 e. The zero-order valence-corrected chi connectivity index (χ0v) is 10.4. The summed E-state index contributed by atoms with van der Waals surface area (Å²) in [5, 5.41) is 8.77. The second kappa shape index (κ2) is 5.92. The van der Waals surface area contributed by atoms with Crippen molar-refractivity contribution in [2.45, 2.75) is 26.2 Å². The van der Waals surface area contributed by atoms with E-state index >= 15 is 0 Å². The molecule has 0 aromatic carbocycles. The minimum Gasteiger partial charge on any atom is -0.258 e. The SMILES string of the molecule is Cc1cccc(CCCc2cccc(C#N)n2)n1. The van der Waals surface area contributed by atoms with Gasteiger partial charge in [0.25, 0.3) is 0 Å². The third-order valence-electron chi connectivity index (χ3n) is 2.73. The molecule has 0 bridgehead atoms. The van der Waals surface area contributed by atoms with Gasteiger partial charge in [-0.25, -0.2) is 4.98 Å². The normalized spacial score (nSPS) is 10.0. The summed E-state index contributed by atoms with van der Waals surface area (Å²) >= 11 is 0. The molecule has 0 N–H and O–H groups in total. The van der Waals surface area contributed by atoms with Crippen LogP contribution in [0, 0.1) is 18.3 Å². The van der Waals surface area contributed by atoms with Gasteiger partial charge >= 0.3 is 0 Å². The lowest BCUT2D eigenvalue weighted by atomic mass is 10.1. The predicted octanol–water partition coefficient (Wildman–Crippen LogP) is 2.83. The first-order chi connectivity index (χ1) is 8.78. The van der Waals surface area contributed by atoms with Crippen molar-refractivity contribution < 1.29 is 0 Å². The van der Waals surface area contributed by atoms with E-state index in [1.165, 1.54) is 0 Å². The quantitative estimate of drug-likeness (QED) is 0.821. The summed E-state index contributed by atoms with van der Waals surface area (Å²) in [6.07, 6.45) is 2.82. The van der Waals surface area contributed by atoms with E-state index in [4.69, 9.17) is 5.26 Å². The molecular weight excluding hydrogens is 222 g/mol. The van der Waals surface area contributed by atoms with E-state index in [1.807, 2.05) is 37.3 Å². The highest BCUT2D eigenvalue weighted by Gasteiger charge is 1.99. The molecule has 0 saturated heterocycles. The molecule has 0 atom stereocenters. The summed E-state index contributed by atoms with van der Waals surface area (Å²) in [6.45, 7) is 2.00. The zero-order valence-electron chi connectivity index (χ0n) is 10.4. The van der Waals surface area contributed by atoms with Crippen LogP contribution in [0.3, 0.4) is 0 Å². The number of aryl methyl sites for hydroxylation is 3. The first kappa shape index (κ1) is 12.3. The Labute approximate surface area is 107 Å². The monoisotopic (exact) mass is 237 g/mol. The number of nitriles is 1. The van der Waals surface area contributed by atoms with E-state index in [1.54, 1.807) is 6.07 Å². The molecule has 2 rings (SSSR count). The molecule has 0 unspecified atom stereocenters. The lowest BCUT2D eigenvalue weighted by Crippen LogP contribution is -1.96. The van der Waals surface area contributed by atoms with E-state index < -0.39 is 0 Å². The number of nitrogens with zero attached hydrogens (tertiary/aromatic N) is 3. The van der Waals surface area contributed by atoms with Crippen molar-refractivity contribution in [3.8, 4) is 6.07 Å². The fourth-order valence-corrected chi connectivity index (χ4v) is 1.87. The molecule has 0 amide bonds. The minimum absolute atomic E-state index is 0.487. The van der Waals surface area contributed by atoms with Gasteiger partial charge in [-0.05, 0) is 50.5 Å². The number of rotatable bonds is 4. The maximum absolute atomic E-state index is 8.77. The van der Waals surface area contributed by atoms with Crippen LogP contribution in [0.2, 0.25) is 0 Å². The van der Waals surface area contributed by atoms with Crippen molar-refractivity contribution >= 4 is 0 Å². The number of pyridine rings is 2. The molecule has 0 radical (unpaired) electrons. The highest BCUT2D eigenvalue weighted by Crippen LogP contribution is 2.06. The van der Waals surface area contributed by atoms with Gasteiger partial charge in [-0.15, -0.1) is 0 Å². The number of aromatic nitrogens is 2. The second-order valence-corrected chi connectivity index (χ2v) is 4.25. The molecule has 2 heterocycles. The largest absolute Gasteiger partial charge is 0.258 e. The molecule has 0 aliphatic heterocycles. The van der Waals surface area contributed by atoms with Gasteiger partial charge < -0.3 is 0 Å². The van der Waals surface area contributed by atoms with Crippen LogP contribution < -0.4 is 0 Å². The summed E-state index contributed by atoms with van der Waals surface area (Å²) in [5.41, 5.74) is 3.63. The van der Waals surface area contributed by atoms with Crippen LogP contribution >= 0.6 is 0 Å². The fourth-order valence-electron chi connectivity index (χ4n) is 1.87. The van der Waals surface area contributed by atoms with Crippen molar-refractivity contribution in [2.24, 2.45) is 0 Å². The summed E-state index contributed by atoms with van der Waals surface area (Å²) < 4.78 is 0. The highest BCUT2D eigenvalue weighted by atomic mass is 14.7. The van der Waals surface area contributed by atoms with Gasteiger partial charge in [0.1, 0.15) is 11.8 Å². The summed E-state index contributed by atoms with van der Waals surface area (Å²) in [6, 6.07) is 13.7. The van der Waals surface area contributed by atoms with Crippen molar-refractivity contribution in [3.05, 3.63) is 59.2 Å². The van der Waals surface area contributed by atoms with Gasteiger partial charge in [-0.3, -0.25) is 4.98 Å². The van der Waals surface area contributed by atoms with Crippen LogP contribution in [-0.4, -0.2) is 9.97 Å². The van der Waals surface area contributed by atoms with E-state index in [-0.39, 0.29) is 0 Å². The van der Waals surface area contributed by atoms with Crippen molar-refractivity contribution in [3.63, 3.8) is 0 Å². The molecule has 0 fully saturated rings. The lowest BCUT2D eigenvalue weighted by molar-refractivity contribution is 0.777. The molecule has 2 aromatic heterocycles. The third-order valence-corrected chi connectivity index (χ3v) is 2.73. The molecular formula is C15H15N3. The predicted molar refractivity (Wildman–Crippen MR) is 70.0 cm³/mol. The topological polar surface area (TPSA) is 49.6 Å². The van der Waals surface area contributed by atoms with Crippen LogP contribution in [0.15, 0.2) is 36.4 Å². The zero-order chi connectivity index (χ0) is 12.8. The van der Waals surface area contributed by atoms with Gasteiger partial charge in [-0.1, -0.05) is 12.1 Å². The summed E-state index contributed by atoms with van der Waals surface area (Å²) in [5.74, 6) is 0. The van der Waals surface area contributed by atoms with Crippen LogP contribution in [0.25, 0.3) is 0 Å². The maximum atomic E-state index is 8.77. The number of hydrogen-bond acceptors (Lipinski definition) is 3. The van der Waals surface area contributed by atoms with E-state index in [0.717, 1.165) is 36.3 Å². The van der Waals surface area contributed by atoms with E-state index in [9.17, 15) is 0 Å². The first-order valence-corrected chi connectivity index (χ1v) is 6.06. The van der Waals surface area contributed by atoms with E-state index in [2.05, 4.69) is 16.0 Å². The molecule has 0 spiro atoms. The van der Waals surface area contributed by atoms with Crippen LogP contribution in [0.5, 0.6) is 0 Å². The Bertz CT molecular complexity index is 570. The Balaban J connectivity index is 1.90. The summed E-state index contributed by atoms with van der Waals surface area (Å²) in [4.78, 5) is 8.72. The van der Waals surface area contributed by atoms with Gasteiger partial charge in [-0.2, -0.15) is 5.26 Å². The molecule has 18 heavy (non-hydrogen) atoms. The Morgan fingerprint density at radius 1 is 1.00 bits per heavy atom. The Morgan fingerprint density at radius 2 is 1.67 bits per heavy atom. The molecule has 2 aromatic rings. The molecule has 3 heteroatoms. The fraction of sp³-hybridized carbons (Fsp3) is 0.267. The van der Waals surface area contributed by atoms with Gasteiger partial charge in [0.2, 0.25) is 0 Å². The first-order valence-electron chi connectivity index (χ1n) is 6.06. The smallest absolute Gasteiger partial charge is 0.140 e. The Hall–Kier alpha value is -2.21. The van der Waals surface area contributed by atoms with Crippen molar-refractivity contribution in [1.29, 1.82) is 5.26 Å². The van der Waals surface area contributed by atoms with Crippen molar-refractivity contribution in [2.75, 3.05) is 0 Å². The third kappa shape index (κ3) is 3.39. The van der Waals surface area contributed by atoms with E-state index in [0.29, 0.717) is 5.69 Å². The highest BCUT2D eigenvalue weighted by molar-refractivity contribution is 5.22. The Morgan fingerprint density at radius 3 is 2.33 bits per heavy atom. The molecule has 0 aliphatic carbocycles. The molecule has 0 aliphatic rings. The molecule has 3 nitrogen and oxygen atoms in total. The van der Waals surface area contributed by atoms with Gasteiger partial charge in [0.15, 0.2) is 0 Å². The van der Waals surface area contributed by atoms with Crippen LogP contribution in [0.1, 0.15) is 29.2 Å². The van der Waals surface area contributed by atoms with Crippen molar-refractivity contribution in [1.82, 2.24) is 9.97 Å². The number of hydrogen-bond donors (Lipinski definition) is 0. The van der Waals surface area contributed by atoms with Gasteiger partial charge in [0, 0.05) is 17.1 Å². The van der Waals surface area contributed by atoms with Gasteiger partial charge in [0.05, 0.1) is 0 Å². The Kier molecular flexibility index (Phi) is 4.03. The average Bonchev–Trinajstić information content (AvgIpc) is 2.39. The summed E-state index contributed by atoms with van der Waals surface area (Å²) in [7, 11) is 0. The van der Waals surface area contributed by atoms with Crippen LogP contribution in [0.4, 0.5) is 0 Å². The molecule has 0 saturated carbocycles. The average molecular weight is 237 g/mol. The van der Waals surface area contributed by atoms with Crippen LogP contribution in [-0.2, 0) is 12.8 Å². The minimum atomic E-state index is 0.487. The molecule has 90 valence electrons. The standard InChI is InChI=1S/C15H15N3/c1-12-5-2-6-13(17-12)7-3-8-14-9-4-10-15(11-16)18-14/h2,4-6,9-10H,3,7-8H2,1H3. The lowest BCUT2D eigenvalue weighted by Gasteiger charge is -2.02. The second-order valence-electron chi connectivity index (χ2n) is 4.25.